The minimum Gasteiger partial charge on any atom is -0.488 e. The highest BCUT2D eigenvalue weighted by Crippen LogP contribution is 2.22. The summed E-state index contributed by atoms with van der Waals surface area (Å²) >= 11 is 0. The fourth-order valence-corrected chi connectivity index (χ4v) is 4.07. The van der Waals surface area contributed by atoms with Crippen molar-refractivity contribution >= 4 is 11.9 Å². The quantitative estimate of drug-likeness (QED) is 0.749. The number of hydrogen-bond donors (Lipinski definition) is 0. The van der Waals surface area contributed by atoms with Crippen molar-refractivity contribution < 1.29 is 18.7 Å². The number of urea groups is 1. The third-order valence-electron chi connectivity index (χ3n) is 5.89. The number of likely N-dealkylation sites (tertiary alicyclic amines) is 1. The first-order chi connectivity index (χ1) is 15.1. The van der Waals surface area contributed by atoms with E-state index in [4.69, 9.17) is 4.74 Å². The van der Waals surface area contributed by atoms with Gasteiger partial charge in [0.25, 0.3) is 5.91 Å². The zero-order valence-electron chi connectivity index (χ0n) is 17.6. The summed E-state index contributed by atoms with van der Waals surface area (Å²) in [4.78, 5) is 31.4. The number of piperidine rings is 1. The van der Waals surface area contributed by atoms with Gasteiger partial charge in [-0.3, -0.25) is 4.79 Å². The minimum atomic E-state index is -0.294. The molecule has 6 nitrogen and oxygen atoms in total. The van der Waals surface area contributed by atoms with Gasteiger partial charge in [0.1, 0.15) is 18.2 Å². The topological polar surface area (TPSA) is 53.1 Å². The first-order valence-corrected chi connectivity index (χ1v) is 10.9. The van der Waals surface area contributed by atoms with E-state index in [2.05, 4.69) is 0 Å². The maximum absolute atomic E-state index is 13.1. The van der Waals surface area contributed by atoms with Crippen LogP contribution in [0.1, 0.15) is 35.2 Å². The van der Waals surface area contributed by atoms with Gasteiger partial charge in [0.2, 0.25) is 0 Å². The fraction of sp³-hybridized carbons (Fsp3) is 0.417. The van der Waals surface area contributed by atoms with Crippen LogP contribution in [0.15, 0.2) is 48.5 Å². The van der Waals surface area contributed by atoms with Crippen LogP contribution in [-0.2, 0) is 6.61 Å². The summed E-state index contributed by atoms with van der Waals surface area (Å²) in [5.41, 5.74) is 1.33. The number of halogens is 1. The Morgan fingerprint density at radius 3 is 2.10 bits per heavy atom. The highest BCUT2D eigenvalue weighted by molar-refractivity contribution is 5.97. The normalized spacial score (nSPS) is 16.9. The van der Waals surface area contributed by atoms with E-state index in [0.29, 0.717) is 37.5 Å². The standard InChI is InChI=1S/C24H28FN3O3/c25-20-10-8-19(9-11-20)18-31-22-7-3-2-6-21(22)23(29)26-14-16-28(17-15-26)24(30)27-12-4-1-5-13-27/h2-3,6-11H,1,4-5,12-18H2. The highest BCUT2D eigenvalue weighted by Gasteiger charge is 2.29. The molecule has 2 aromatic rings. The van der Waals surface area contributed by atoms with Crippen molar-refractivity contribution in [3.63, 3.8) is 0 Å². The summed E-state index contributed by atoms with van der Waals surface area (Å²) < 4.78 is 19.0. The van der Waals surface area contributed by atoms with Gasteiger partial charge >= 0.3 is 6.03 Å². The molecular weight excluding hydrogens is 397 g/mol. The molecule has 0 N–H and O–H groups in total. The Balaban J connectivity index is 1.35. The van der Waals surface area contributed by atoms with E-state index in [1.165, 1.54) is 18.6 Å². The number of rotatable bonds is 4. The molecule has 0 spiro atoms. The molecule has 2 aliphatic heterocycles. The van der Waals surface area contributed by atoms with Crippen LogP contribution in [-0.4, -0.2) is 65.9 Å². The van der Waals surface area contributed by atoms with E-state index < -0.39 is 0 Å². The Hall–Kier alpha value is -3.09. The minimum absolute atomic E-state index is 0.0924. The molecule has 31 heavy (non-hydrogen) atoms. The number of nitrogens with zero attached hydrogens (tertiary/aromatic N) is 3. The summed E-state index contributed by atoms with van der Waals surface area (Å²) in [5.74, 6) is 0.112. The molecule has 2 fully saturated rings. The van der Waals surface area contributed by atoms with Crippen LogP contribution in [0, 0.1) is 5.82 Å². The molecule has 0 bridgehead atoms. The first kappa shape index (κ1) is 21.2. The van der Waals surface area contributed by atoms with Gasteiger partial charge in [-0.15, -0.1) is 0 Å². The van der Waals surface area contributed by atoms with Gasteiger partial charge in [0.15, 0.2) is 0 Å². The Bertz CT molecular complexity index is 905. The second kappa shape index (κ2) is 9.81. The summed E-state index contributed by atoms with van der Waals surface area (Å²) in [6.07, 6.45) is 3.33. The second-order valence-electron chi connectivity index (χ2n) is 8.02. The zero-order valence-corrected chi connectivity index (χ0v) is 17.6. The zero-order chi connectivity index (χ0) is 21.6. The molecule has 7 heteroatoms. The number of hydrogen-bond acceptors (Lipinski definition) is 3. The Kier molecular flexibility index (Phi) is 6.70. The van der Waals surface area contributed by atoms with E-state index in [0.717, 1.165) is 31.5 Å². The summed E-state index contributed by atoms with van der Waals surface area (Å²) in [6, 6.07) is 13.4. The molecule has 3 amide bonds. The maximum Gasteiger partial charge on any atom is 0.320 e. The van der Waals surface area contributed by atoms with Crippen molar-refractivity contribution in [3.8, 4) is 5.75 Å². The number of carbonyl (C=O) groups excluding carboxylic acids is 2. The molecule has 0 saturated carbocycles. The molecule has 0 atom stereocenters. The van der Waals surface area contributed by atoms with Crippen molar-refractivity contribution in [1.82, 2.24) is 14.7 Å². The predicted octanol–water partition coefficient (Wildman–Crippen LogP) is 3.77. The van der Waals surface area contributed by atoms with Gasteiger partial charge < -0.3 is 19.4 Å². The van der Waals surface area contributed by atoms with Gasteiger partial charge in [0.05, 0.1) is 5.56 Å². The smallest absolute Gasteiger partial charge is 0.320 e. The van der Waals surface area contributed by atoms with Crippen LogP contribution in [0.4, 0.5) is 9.18 Å². The molecule has 0 aliphatic carbocycles. The second-order valence-corrected chi connectivity index (χ2v) is 8.02. The third kappa shape index (κ3) is 5.16. The average Bonchev–Trinajstić information content (AvgIpc) is 2.83. The van der Waals surface area contributed by atoms with E-state index in [9.17, 15) is 14.0 Å². The monoisotopic (exact) mass is 425 g/mol. The Labute approximate surface area is 182 Å². The molecule has 0 unspecified atom stereocenters. The maximum atomic E-state index is 13.1. The molecule has 2 aromatic carbocycles. The first-order valence-electron chi connectivity index (χ1n) is 10.9. The molecular formula is C24H28FN3O3. The number of carbonyl (C=O) groups is 2. The lowest BCUT2D eigenvalue weighted by Crippen LogP contribution is -2.54. The van der Waals surface area contributed by atoms with Crippen molar-refractivity contribution in [1.29, 1.82) is 0 Å². The number of benzene rings is 2. The molecule has 164 valence electrons. The SMILES string of the molecule is O=C(c1ccccc1OCc1ccc(F)cc1)N1CCN(C(=O)N2CCCCC2)CC1. The lowest BCUT2D eigenvalue weighted by atomic mass is 10.1. The molecule has 0 aromatic heterocycles. The van der Waals surface area contributed by atoms with Crippen LogP contribution in [0.25, 0.3) is 0 Å². The van der Waals surface area contributed by atoms with Crippen LogP contribution >= 0.6 is 0 Å². The van der Waals surface area contributed by atoms with Crippen LogP contribution < -0.4 is 4.74 Å². The summed E-state index contributed by atoms with van der Waals surface area (Å²) in [7, 11) is 0. The van der Waals surface area contributed by atoms with E-state index in [1.807, 2.05) is 21.9 Å². The van der Waals surface area contributed by atoms with Crippen LogP contribution in [0.3, 0.4) is 0 Å². The lowest BCUT2D eigenvalue weighted by Gasteiger charge is -2.38. The van der Waals surface area contributed by atoms with Gasteiger partial charge in [0, 0.05) is 39.3 Å². The van der Waals surface area contributed by atoms with Crippen molar-refractivity contribution in [2.24, 2.45) is 0 Å². The number of ether oxygens (including phenoxy) is 1. The lowest BCUT2D eigenvalue weighted by molar-refractivity contribution is 0.0628. The summed E-state index contributed by atoms with van der Waals surface area (Å²) in [5, 5.41) is 0. The molecule has 2 saturated heterocycles. The van der Waals surface area contributed by atoms with E-state index >= 15 is 0 Å². The predicted molar refractivity (Wildman–Crippen MR) is 115 cm³/mol. The van der Waals surface area contributed by atoms with Gasteiger partial charge in [-0.1, -0.05) is 24.3 Å². The Morgan fingerprint density at radius 2 is 1.39 bits per heavy atom. The van der Waals surface area contributed by atoms with Gasteiger partial charge in [-0.05, 0) is 49.1 Å². The third-order valence-corrected chi connectivity index (χ3v) is 5.89. The summed E-state index contributed by atoms with van der Waals surface area (Å²) in [6.45, 7) is 4.00. The molecule has 2 aliphatic rings. The molecule has 2 heterocycles. The average molecular weight is 426 g/mol. The highest BCUT2D eigenvalue weighted by atomic mass is 19.1. The van der Waals surface area contributed by atoms with Crippen molar-refractivity contribution in [2.75, 3.05) is 39.3 Å². The van der Waals surface area contributed by atoms with Crippen molar-refractivity contribution in [3.05, 3.63) is 65.5 Å². The van der Waals surface area contributed by atoms with Gasteiger partial charge in [-0.25, -0.2) is 9.18 Å². The van der Waals surface area contributed by atoms with Crippen molar-refractivity contribution in [2.45, 2.75) is 25.9 Å². The van der Waals surface area contributed by atoms with E-state index in [-0.39, 0.29) is 24.4 Å². The van der Waals surface area contributed by atoms with Crippen LogP contribution in [0.2, 0.25) is 0 Å². The number of amides is 3. The fourth-order valence-electron chi connectivity index (χ4n) is 4.07. The molecule has 0 radical (unpaired) electrons. The van der Waals surface area contributed by atoms with Crippen LogP contribution in [0.5, 0.6) is 5.75 Å². The van der Waals surface area contributed by atoms with Gasteiger partial charge in [-0.2, -0.15) is 0 Å². The Morgan fingerprint density at radius 1 is 0.774 bits per heavy atom. The number of piperazine rings is 1. The largest absolute Gasteiger partial charge is 0.488 e. The molecule has 4 rings (SSSR count). The number of para-hydroxylation sites is 1. The van der Waals surface area contributed by atoms with E-state index in [1.54, 1.807) is 29.2 Å².